The van der Waals surface area contributed by atoms with Crippen LogP contribution in [0.2, 0.25) is 0 Å². The van der Waals surface area contributed by atoms with Gasteiger partial charge < -0.3 is 9.11 Å². The summed E-state index contributed by atoms with van der Waals surface area (Å²) < 4.78 is 64.8. The molecule has 2 rings (SSSR count). The van der Waals surface area contributed by atoms with Crippen molar-refractivity contribution in [1.82, 2.24) is 0 Å². The van der Waals surface area contributed by atoms with Gasteiger partial charge in [-0.15, -0.1) is 0 Å². The van der Waals surface area contributed by atoms with Crippen LogP contribution in [0, 0.1) is 0 Å². The van der Waals surface area contributed by atoms with Gasteiger partial charge in [0.2, 0.25) is 0 Å². The first kappa shape index (κ1) is 21.8. The van der Waals surface area contributed by atoms with Gasteiger partial charge in [-0.1, -0.05) is 12.1 Å². The molecule has 0 N–H and O–H groups in total. The molecule has 96 valence electrons. The van der Waals surface area contributed by atoms with Crippen LogP contribution in [-0.2, 0) is 20.2 Å². The summed E-state index contributed by atoms with van der Waals surface area (Å²) in [5.74, 6) is 0. The Kier molecular flexibility index (Phi) is 8.78. The average molecular weight is 364 g/mol. The monoisotopic (exact) mass is 364 g/mol. The van der Waals surface area contributed by atoms with Gasteiger partial charge in [0.15, 0.2) is 0 Å². The Bertz CT molecular complexity index is 759. The first-order valence-corrected chi connectivity index (χ1v) is 7.45. The van der Waals surface area contributed by atoms with E-state index in [2.05, 4.69) is 0 Å². The second kappa shape index (κ2) is 8.06. The van der Waals surface area contributed by atoms with Crippen LogP contribution in [0.15, 0.2) is 46.2 Å². The molecule has 0 aliphatic rings. The van der Waals surface area contributed by atoms with Gasteiger partial charge >= 0.3 is 103 Å². The van der Waals surface area contributed by atoms with Crippen molar-refractivity contribution in [3.63, 3.8) is 0 Å². The zero-order valence-electron chi connectivity index (χ0n) is 10.7. The largest absolute Gasteiger partial charge is 1.00 e. The summed E-state index contributed by atoms with van der Waals surface area (Å²) in [5, 5.41) is 0.721. The molecular formula is C10H6K2O6S2. The SMILES string of the molecule is O=S(=O)([O-])c1ccc2cc(S(=O)(=O)[O-])ccc2c1.[K+].[K+]. The quantitative estimate of drug-likeness (QED) is 0.388. The summed E-state index contributed by atoms with van der Waals surface area (Å²) in [5.41, 5.74) is 0. The fourth-order valence-electron chi connectivity index (χ4n) is 1.51. The van der Waals surface area contributed by atoms with Gasteiger partial charge in [0.05, 0.1) is 9.79 Å². The third kappa shape index (κ3) is 5.46. The van der Waals surface area contributed by atoms with Crippen LogP contribution in [0.5, 0.6) is 0 Å². The maximum Gasteiger partial charge on any atom is 1.00 e. The summed E-state index contributed by atoms with van der Waals surface area (Å²) in [6.07, 6.45) is 0. The average Bonchev–Trinajstić information content (AvgIpc) is 2.25. The van der Waals surface area contributed by atoms with Gasteiger partial charge in [-0.05, 0) is 35.0 Å². The van der Waals surface area contributed by atoms with Gasteiger partial charge in [0, 0.05) is 0 Å². The Hall–Kier alpha value is 1.79. The molecule has 0 spiro atoms. The molecule has 0 aliphatic carbocycles. The maximum absolute atomic E-state index is 10.8. The molecule has 0 fully saturated rings. The van der Waals surface area contributed by atoms with E-state index >= 15 is 0 Å². The Morgan fingerprint density at radius 3 is 1.20 bits per heavy atom. The molecule has 0 bridgehead atoms. The van der Waals surface area contributed by atoms with Crippen molar-refractivity contribution in [3.8, 4) is 0 Å². The Balaban J connectivity index is 0.00000180. The van der Waals surface area contributed by atoms with E-state index in [0.717, 1.165) is 24.3 Å². The molecule has 0 aromatic heterocycles. The fourth-order valence-corrected chi connectivity index (χ4v) is 2.52. The van der Waals surface area contributed by atoms with E-state index in [1.807, 2.05) is 0 Å². The second-order valence-corrected chi connectivity index (χ2v) is 6.34. The summed E-state index contributed by atoms with van der Waals surface area (Å²) in [7, 11) is -9.13. The minimum Gasteiger partial charge on any atom is -0.744 e. The Morgan fingerprint density at radius 1 is 0.650 bits per heavy atom. The molecule has 10 heteroatoms. The molecule has 0 unspecified atom stereocenters. The maximum atomic E-state index is 10.8. The van der Waals surface area contributed by atoms with Crippen molar-refractivity contribution in [3.05, 3.63) is 36.4 Å². The van der Waals surface area contributed by atoms with E-state index in [-0.39, 0.29) is 103 Å². The van der Waals surface area contributed by atoms with E-state index < -0.39 is 30.0 Å². The topological polar surface area (TPSA) is 114 Å². The van der Waals surface area contributed by atoms with Gasteiger partial charge in [-0.25, -0.2) is 16.8 Å². The van der Waals surface area contributed by atoms with Crippen LogP contribution < -0.4 is 103 Å². The van der Waals surface area contributed by atoms with Gasteiger partial charge in [0.1, 0.15) is 20.2 Å². The summed E-state index contributed by atoms with van der Waals surface area (Å²) in [6.45, 7) is 0. The molecule has 0 radical (unpaired) electrons. The number of benzene rings is 2. The zero-order valence-corrected chi connectivity index (χ0v) is 18.6. The Morgan fingerprint density at radius 2 is 0.950 bits per heavy atom. The van der Waals surface area contributed by atoms with Crippen LogP contribution in [-0.4, -0.2) is 25.9 Å². The van der Waals surface area contributed by atoms with Crippen LogP contribution >= 0.6 is 0 Å². The van der Waals surface area contributed by atoms with Crippen molar-refractivity contribution in [1.29, 1.82) is 0 Å². The predicted molar refractivity (Wildman–Crippen MR) is 59.9 cm³/mol. The first-order valence-electron chi connectivity index (χ1n) is 4.63. The van der Waals surface area contributed by atoms with Gasteiger partial charge in [0.25, 0.3) is 0 Å². The van der Waals surface area contributed by atoms with E-state index in [0.29, 0.717) is 10.8 Å². The minimum absolute atomic E-state index is 0. The molecule has 6 nitrogen and oxygen atoms in total. The van der Waals surface area contributed by atoms with E-state index in [4.69, 9.17) is 0 Å². The molecule has 0 saturated heterocycles. The standard InChI is InChI=1S/C10H8O6S2.2K/c11-17(12,13)9-3-1-7-5-10(18(14,15)16)4-2-8(7)6-9;;/h1-6H,(H,11,12,13)(H,14,15,16);;/q;2*+1/p-2. The van der Waals surface area contributed by atoms with E-state index in [1.165, 1.54) is 12.1 Å². The van der Waals surface area contributed by atoms with Crippen LogP contribution in [0.4, 0.5) is 0 Å². The van der Waals surface area contributed by atoms with Gasteiger partial charge in [-0.2, -0.15) is 0 Å². The van der Waals surface area contributed by atoms with Gasteiger partial charge in [-0.3, -0.25) is 0 Å². The molecule has 0 saturated carbocycles. The third-order valence-electron chi connectivity index (χ3n) is 2.36. The fraction of sp³-hybridized carbons (Fsp3) is 0. The first-order chi connectivity index (χ1) is 8.18. The molecule has 0 amide bonds. The Labute approximate surface area is 201 Å². The second-order valence-electron chi connectivity index (χ2n) is 3.58. The van der Waals surface area contributed by atoms with Crippen molar-refractivity contribution in [2.24, 2.45) is 0 Å². The summed E-state index contributed by atoms with van der Waals surface area (Å²) >= 11 is 0. The zero-order chi connectivity index (χ0) is 13.6. The molecule has 20 heavy (non-hydrogen) atoms. The molecule has 2 aromatic carbocycles. The normalized spacial score (nSPS) is 11.5. The van der Waals surface area contributed by atoms with E-state index in [9.17, 15) is 25.9 Å². The van der Waals surface area contributed by atoms with Crippen molar-refractivity contribution in [2.45, 2.75) is 9.79 Å². The predicted octanol–water partition coefficient (Wildman–Crippen LogP) is -5.34. The van der Waals surface area contributed by atoms with E-state index in [1.54, 1.807) is 0 Å². The molecule has 0 aliphatic heterocycles. The number of hydrogen-bond donors (Lipinski definition) is 0. The number of hydrogen-bond acceptors (Lipinski definition) is 6. The minimum atomic E-state index is -4.56. The number of rotatable bonds is 2. The summed E-state index contributed by atoms with van der Waals surface area (Å²) in [4.78, 5) is -0.819. The smallest absolute Gasteiger partial charge is 0.744 e. The summed E-state index contributed by atoms with van der Waals surface area (Å²) in [6, 6.07) is 6.92. The number of fused-ring (bicyclic) bond motifs is 1. The molecular weight excluding hydrogens is 358 g/mol. The molecule has 0 atom stereocenters. The third-order valence-corrected chi connectivity index (χ3v) is 4.02. The molecule has 2 aromatic rings. The van der Waals surface area contributed by atoms with Crippen molar-refractivity contribution in [2.75, 3.05) is 0 Å². The van der Waals surface area contributed by atoms with Crippen LogP contribution in [0.25, 0.3) is 10.8 Å². The van der Waals surface area contributed by atoms with Crippen LogP contribution in [0.1, 0.15) is 0 Å². The van der Waals surface area contributed by atoms with Crippen molar-refractivity contribution < 1.29 is 129 Å². The molecule has 0 heterocycles. The van der Waals surface area contributed by atoms with Crippen molar-refractivity contribution >= 4 is 31.0 Å². The van der Waals surface area contributed by atoms with Crippen LogP contribution in [0.3, 0.4) is 0 Å².